The fraction of sp³-hybridized carbons (Fsp3) is 0.0323. The minimum atomic E-state index is -0.570. The zero-order valence-corrected chi connectivity index (χ0v) is 21.7. The number of nitrogens with one attached hydrogen (secondary N) is 1. The minimum Gasteiger partial charge on any atom is -0.399 e. The maximum atomic E-state index is 12.1. The summed E-state index contributed by atoms with van der Waals surface area (Å²) in [5.74, 6) is -0.467. The van der Waals surface area contributed by atoms with Crippen molar-refractivity contribution in [2.45, 2.75) is 6.42 Å². The molecule has 40 heavy (non-hydrogen) atoms. The molecule has 5 aromatic rings. The third-order valence-electron chi connectivity index (χ3n) is 5.52. The van der Waals surface area contributed by atoms with Crippen molar-refractivity contribution in [2.75, 3.05) is 28.3 Å². The Hall–Kier alpha value is -5.57. The first-order chi connectivity index (χ1) is 19.2. The van der Waals surface area contributed by atoms with Crippen molar-refractivity contribution in [2.24, 2.45) is 0 Å². The summed E-state index contributed by atoms with van der Waals surface area (Å²) < 4.78 is 12.1. The molecule has 5 rings (SSSR count). The molecule has 0 aliphatic rings. The van der Waals surface area contributed by atoms with Gasteiger partial charge in [0.15, 0.2) is 0 Å². The van der Waals surface area contributed by atoms with Crippen LogP contribution in [0, 0.1) is 15.9 Å². The zero-order chi connectivity index (χ0) is 28.9. The highest BCUT2D eigenvalue weighted by Gasteiger charge is 2.02. The number of hydrogen-bond acceptors (Lipinski definition) is 7. The first-order valence-electron chi connectivity index (χ1n) is 12.2. The summed E-state index contributed by atoms with van der Waals surface area (Å²) in [6, 6.07) is 35.6. The first-order valence-corrected chi connectivity index (χ1v) is 12.2. The Morgan fingerprint density at radius 3 is 1.27 bits per heavy atom. The third kappa shape index (κ3) is 10.1. The van der Waals surface area contributed by atoms with E-state index in [-0.39, 0.29) is 5.69 Å². The smallest absolute Gasteiger partial charge is 0.269 e. The lowest BCUT2D eigenvalue weighted by atomic mass is 10.0. The molecule has 9 heteroatoms. The molecule has 0 atom stereocenters. The molecule has 0 fully saturated rings. The number of non-ortho nitro benzene ring substituents is 1. The quantitative estimate of drug-likeness (QED) is 0.0937. The van der Waals surface area contributed by atoms with Crippen LogP contribution >= 0.6 is 0 Å². The van der Waals surface area contributed by atoms with Crippen molar-refractivity contribution in [1.29, 1.82) is 0 Å². The summed E-state index contributed by atoms with van der Waals surface area (Å²) in [6.07, 6.45) is 0.905. The van der Waals surface area contributed by atoms with E-state index in [1.807, 2.05) is 36.4 Å². The lowest BCUT2D eigenvalue weighted by Gasteiger charge is -2.08. The molecule has 8 nitrogen and oxygen atoms in total. The number of halogens is 1. The van der Waals surface area contributed by atoms with Gasteiger partial charge in [-0.1, -0.05) is 24.3 Å². The van der Waals surface area contributed by atoms with Crippen molar-refractivity contribution in [1.82, 2.24) is 0 Å². The molecule has 0 radical (unpaired) electrons. The average Bonchev–Trinajstić information content (AvgIpc) is 2.95. The van der Waals surface area contributed by atoms with Crippen LogP contribution < -0.4 is 28.3 Å². The van der Waals surface area contributed by atoms with E-state index in [0.29, 0.717) is 0 Å². The van der Waals surface area contributed by atoms with Crippen molar-refractivity contribution in [3.05, 3.63) is 148 Å². The van der Waals surface area contributed by atoms with Gasteiger partial charge in [-0.05, 0) is 102 Å². The van der Waals surface area contributed by atoms with Gasteiger partial charge in [-0.15, -0.1) is 0 Å². The summed E-state index contributed by atoms with van der Waals surface area (Å²) in [5.41, 5.74) is 29.7. The second kappa shape index (κ2) is 14.4. The van der Waals surface area contributed by atoms with Gasteiger partial charge < -0.3 is 28.3 Å². The first kappa shape index (κ1) is 29.0. The van der Waals surface area contributed by atoms with Crippen LogP contribution in [-0.4, -0.2) is 4.92 Å². The van der Waals surface area contributed by atoms with Gasteiger partial charge in [0, 0.05) is 46.3 Å². The van der Waals surface area contributed by atoms with Crippen LogP contribution in [0.1, 0.15) is 11.1 Å². The van der Waals surface area contributed by atoms with Gasteiger partial charge in [0.2, 0.25) is 0 Å². The number of nitrogens with two attached hydrogens (primary N) is 4. The lowest BCUT2D eigenvalue weighted by molar-refractivity contribution is -0.384. The molecule has 0 saturated heterocycles. The van der Waals surface area contributed by atoms with Crippen LogP contribution in [0.4, 0.5) is 44.2 Å². The predicted molar refractivity (Wildman–Crippen MR) is 163 cm³/mol. The van der Waals surface area contributed by atoms with Gasteiger partial charge in [0.1, 0.15) is 5.82 Å². The fourth-order valence-electron chi connectivity index (χ4n) is 3.37. The zero-order valence-electron chi connectivity index (χ0n) is 21.7. The molecular formula is C31H31FN6O2. The van der Waals surface area contributed by atoms with E-state index in [1.165, 1.54) is 11.1 Å². The largest absolute Gasteiger partial charge is 0.399 e. The Balaban J connectivity index is 0.000000201. The Kier molecular flexibility index (Phi) is 10.4. The van der Waals surface area contributed by atoms with E-state index in [9.17, 15) is 14.5 Å². The maximum absolute atomic E-state index is 12.1. The number of nitrogen functional groups attached to an aromatic ring is 4. The highest BCUT2D eigenvalue weighted by molar-refractivity contribution is 5.62. The van der Waals surface area contributed by atoms with E-state index in [1.54, 1.807) is 24.3 Å². The molecule has 0 aliphatic heterocycles. The number of nitro groups is 1. The lowest BCUT2D eigenvalue weighted by Crippen LogP contribution is -1.93. The summed E-state index contributed by atoms with van der Waals surface area (Å²) in [7, 11) is 0. The summed E-state index contributed by atoms with van der Waals surface area (Å²) >= 11 is 0. The van der Waals surface area contributed by atoms with Crippen molar-refractivity contribution >= 4 is 39.8 Å². The summed E-state index contributed by atoms with van der Waals surface area (Å²) in [4.78, 5) is 9.43. The van der Waals surface area contributed by atoms with Crippen molar-refractivity contribution in [3.8, 4) is 0 Å². The Bertz CT molecular complexity index is 1390. The Morgan fingerprint density at radius 1 is 0.550 bits per heavy atom. The van der Waals surface area contributed by atoms with Gasteiger partial charge in [0.05, 0.1) is 4.92 Å². The highest BCUT2D eigenvalue weighted by Crippen LogP contribution is 2.20. The molecule has 0 unspecified atom stereocenters. The van der Waals surface area contributed by atoms with Gasteiger partial charge >= 0.3 is 0 Å². The molecule has 0 aromatic heterocycles. The van der Waals surface area contributed by atoms with Crippen LogP contribution in [0.5, 0.6) is 0 Å². The van der Waals surface area contributed by atoms with E-state index in [2.05, 4.69) is 41.7 Å². The molecule has 0 bridgehead atoms. The van der Waals surface area contributed by atoms with Crippen LogP contribution in [0.15, 0.2) is 121 Å². The van der Waals surface area contributed by atoms with E-state index in [0.717, 1.165) is 64.8 Å². The molecule has 0 amide bonds. The van der Waals surface area contributed by atoms with Gasteiger partial charge in [-0.25, -0.2) is 4.39 Å². The number of nitro benzene ring substituents is 1. The van der Waals surface area contributed by atoms with Crippen molar-refractivity contribution in [3.63, 3.8) is 0 Å². The fourth-order valence-corrected chi connectivity index (χ4v) is 3.37. The molecular weight excluding hydrogens is 507 g/mol. The van der Waals surface area contributed by atoms with Gasteiger partial charge in [-0.3, -0.25) is 10.1 Å². The van der Waals surface area contributed by atoms with E-state index >= 15 is 0 Å². The minimum absolute atomic E-state index is 0.0959. The second-order valence-corrected chi connectivity index (χ2v) is 8.76. The third-order valence-corrected chi connectivity index (χ3v) is 5.52. The summed E-state index contributed by atoms with van der Waals surface area (Å²) in [5, 5.41) is 13.4. The van der Waals surface area contributed by atoms with Crippen LogP contribution in [-0.2, 0) is 6.42 Å². The van der Waals surface area contributed by atoms with E-state index in [4.69, 9.17) is 22.9 Å². The van der Waals surface area contributed by atoms with Gasteiger partial charge in [0.25, 0.3) is 5.69 Å². The van der Waals surface area contributed by atoms with Crippen molar-refractivity contribution < 1.29 is 9.31 Å². The van der Waals surface area contributed by atoms with Crippen LogP contribution in [0.2, 0.25) is 0 Å². The normalized spacial score (nSPS) is 9.82. The number of rotatable bonds is 5. The Labute approximate surface area is 232 Å². The molecule has 0 spiro atoms. The second-order valence-electron chi connectivity index (χ2n) is 8.76. The number of hydrogen-bond donors (Lipinski definition) is 5. The highest BCUT2D eigenvalue weighted by atomic mass is 19.1. The molecule has 5 aromatic carbocycles. The molecule has 9 N–H and O–H groups in total. The van der Waals surface area contributed by atoms with Crippen LogP contribution in [0.25, 0.3) is 0 Å². The maximum Gasteiger partial charge on any atom is 0.269 e. The predicted octanol–water partition coefficient (Wildman–Crippen LogP) is 6.77. The van der Waals surface area contributed by atoms with E-state index < -0.39 is 10.7 Å². The van der Waals surface area contributed by atoms with Gasteiger partial charge in [-0.2, -0.15) is 0 Å². The monoisotopic (exact) mass is 538 g/mol. The van der Waals surface area contributed by atoms with Crippen LogP contribution in [0.3, 0.4) is 0 Å². The number of anilines is 6. The molecule has 0 aliphatic carbocycles. The topological polar surface area (TPSA) is 159 Å². The average molecular weight is 539 g/mol. The number of nitrogens with zero attached hydrogens (tertiary/aromatic N) is 1. The molecule has 0 heterocycles. The number of benzene rings is 5. The molecule has 204 valence electrons. The SMILES string of the molecule is Nc1ccc(Cc2ccc(Nc3ccc(N)cc3)cc2)cc1.Nc1ccc(N)cc1.O=[N+]([O-])c1ccc(F)cc1. The summed E-state index contributed by atoms with van der Waals surface area (Å²) in [6.45, 7) is 0. The molecule has 0 saturated carbocycles. The Morgan fingerprint density at radius 2 is 0.875 bits per heavy atom. The standard InChI is InChI=1S/C19H19N3.C6H4FNO2.C6H8N2/c20-16-5-1-14(2-6-16)13-15-3-9-18(10-4-15)22-19-11-7-17(21)8-12-19;7-5-1-3-6(4-2-5)8(9)10;7-5-1-2-6(8)4-3-5/h1-12,22H,13,20-21H2;1-4H;1-4H,7-8H2.